The number of aliphatic imine (C=N–C) groups is 2. The maximum atomic E-state index is 13.0. The molecular weight excluding hydrogens is 482 g/mol. The number of esters is 1. The molecule has 196 valence electrons. The molecule has 1 amide bonds. The maximum absolute atomic E-state index is 13.0. The zero-order valence-electron chi connectivity index (χ0n) is 20.0. The van der Waals surface area contributed by atoms with E-state index in [9.17, 15) is 19.5 Å². The summed E-state index contributed by atoms with van der Waals surface area (Å²) in [4.78, 5) is 45.5. The number of rotatable bonds is 8. The van der Waals surface area contributed by atoms with E-state index in [0.29, 0.717) is 36.1 Å². The second kappa shape index (κ2) is 12.2. The lowest BCUT2D eigenvalue weighted by Crippen LogP contribution is -2.41. The molecule has 13 heteroatoms. The third-order valence-electron chi connectivity index (χ3n) is 5.38. The van der Waals surface area contributed by atoms with Gasteiger partial charge in [0.15, 0.2) is 23.4 Å². The van der Waals surface area contributed by atoms with Crippen molar-refractivity contribution in [3.05, 3.63) is 53.1 Å². The average molecular weight is 512 g/mol. The number of benzene rings is 2. The Kier molecular flexibility index (Phi) is 8.86. The van der Waals surface area contributed by atoms with Gasteiger partial charge in [-0.1, -0.05) is 6.07 Å². The van der Waals surface area contributed by atoms with Gasteiger partial charge in [-0.3, -0.25) is 9.79 Å². The second-order valence-corrected chi connectivity index (χ2v) is 8.17. The normalized spacial score (nSPS) is 13.5. The van der Waals surface area contributed by atoms with Gasteiger partial charge in [0.25, 0.3) is 5.91 Å². The predicted molar refractivity (Wildman–Crippen MR) is 136 cm³/mol. The van der Waals surface area contributed by atoms with Crippen molar-refractivity contribution in [3.8, 4) is 11.5 Å². The van der Waals surface area contributed by atoms with Gasteiger partial charge in [-0.05, 0) is 61.6 Å². The topological polar surface area (TPSA) is 231 Å². The van der Waals surface area contributed by atoms with Crippen LogP contribution in [-0.4, -0.2) is 54.1 Å². The molecule has 13 nitrogen and oxygen atoms in total. The molecule has 0 fully saturated rings. The van der Waals surface area contributed by atoms with E-state index >= 15 is 0 Å². The Morgan fingerprint density at radius 1 is 1.11 bits per heavy atom. The van der Waals surface area contributed by atoms with Gasteiger partial charge in [-0.25, -0.2) is 14.6 Å². The molecular formula is C24H29N7O6. The molecule has 0 saturated carbocycles. The molecule has 1 heterocycles. The number of fused-ring (bicyclic) bond motifs is 2. The van der Waals surface area contributed by atoms with Crippen molar-refractivity contribution < 1.29 is 29.0 Å². The van der Waals surface area contributed by atoms with Gasteiger partial charge in [0.2, 0.25) is 0 Å². The van der Waals surface area contributed by atoms with Gasteiger partial charge in [-0.2, -0.15) is 0 Å². The molecule has 1 aliphatic rings. The Bertz CT molecular complexity index is 1240. The van der Waals surface area contributed by atoms with Crippen molar-refractivity contribution in [1.82, 2.24) is 5.32 Å². The molecule has 0 aliphatic carbocycles. The molecule has 0 aromatic heterocycles. The Balaban J connectivity index is 1.84. The number of aliphatic carboxylic acids is 1. The van der Waals surface area contributed by atoms with E-state index in [2.05, 4.69) is 15.3 Å². The lowest BCUT2D eigenvalue weighted by Gasteiger charge is -2.20. The highest BCUT2D eigenvalue weighted by Crippen LogP contribution is 2.34. The Labute approximate surface area is 212 Å². The fourth-order valence-corrected chi connectivity index (χ4v) is 3.72. The first-order valence-electron chi connectivity index (χ1n) is 11.4. The summed E-state index contributed by atoms with van der Waals surface area (Å²) in [6.45, 7) is 0.415. The Morgan fingerprint density at radius 2 is 1.89 bits per heavy atom. The minimum atomic E-state index is -1.21. The Hall–Kier alpha value is -4.81. The monoisotopic (exact) mass is 511 g/mol. The van der Waals surface area contributed by atoms with Crippen LogP contribution in [0.3, 0.4) is 0 Å². The van der Waals surface area contributed by atoms with Crippen molar-refractivity contribution in [2.45, 2.75) is 31.7 Å². The van der Waals surface area contributed by atoms with Crippen LogP contribution < -0.4 is 37.7 Å². The van der Waals surface area contributed by atoms with Crippen LogP contribution in [0.1, 0.15) is 45.5 Å². The zero-order valence-corrected chi connectivity index (χ0v) is 20.0. The quantitative estimate of drug-likeness (QED) is 0.0937. The number of carboxylic acids is 1. The van der Waals surface area contributed by atoms with Gasteiger partial charge in [0, 0.05) is 6.54 Å². The lowest BCUT2D eigenvalue weighted by molar-refractivity contribution is -0.139. The molecule has 1 atom stereocenters. The van der Waals surface area contributed by atoms with Crippen molar-refractivity contribution >= 4 is 35.5 Å². The largest absolute Gasteiger partial charge is 0.489 e. The summed E-state index contributed by atoms with van der Waals surface area (Å²) in [5, 5.41) is 12.0. The van der Waals surface area contributed by atoms with Gasteiger partial charge in [0.05, 0.1) is 23.4 Å². The lowest BCUT2D eigenvalue weighted by atomic mass is 10.0. The van der Waals surface area contributed by atoms with Crippen LogP contribution in [0.4, 0.5) is 5.69 Å². The van der Waals surface area contributed by atoms with Crippen LogP contribution in [0, 0.1) is 0 Å². The van der Waals surface area contributed by atoms with E-state index < -0.39 is 23.9 Å². The summed E-state index contributed by atoms with van der Waals surface area (Å²) < 4.78 is 11.4. The first-order valence-corrected chi connectivity index (χ1v) is 11.4. The number of amides is 1. The molecule has 2 aromatic rings. The van der Waals surface area contributed by atoms with Crippen LogP contribution in [0.2, 0.25) is 0 Å². The molecule has 37 heavy (non-hydrogen) atoms. The summed E-state index contributed by atoms with van der Waals surface area (Å²) in [6, 6.07) is 8.12. The summed E-state index contributed by atoms with van der Waals surface area (Å²) in [5.41, 5.74) is 23.0. The van der Waals surface area contributed by atoms with Crippen LogP contribution >= 0.6 is 0 Å². The number of carbonyl (C=O) groups is 3. The summed E-state index contributed by atoms with van der Waals surface area (Å²) in [5.74, 6) is -2.70. The number of guanidine groups is 2. The van der Waals surface area contributed by atoms with Crippen LogP contribution in [0.5, 0.6) is 11.5 Å². The number of ether oxygens (including phenoxy) is 2. The van der Waals surface area contributed by atoms with Gasteiger partial charge < -0.3 is 42.8 Å². The Morgan fingerprint density at radius 3 is 2.59 bits per heavy atom. The maximum Gasteiger partial charge on any atom is 0.343 e. The predicted octanol–water partition coefficient (Wildman–Crippen LogP) is 0.372. The summed E-state index contributed by atoms with van der Waals surface area (Å²) in [6.07, 6.45) is 1.39. The molecule has 0 saturated heterocycles. The number of carbonyl (C=O) groups excluding carboxylic acids is 2. The fourth-order valence-electron chi connectivity index (χ4n) is 3.72. The van der Waals surface area contributed by atoms with Gasteiger partial charge in [0.1, 0.15) is 6.04 Å². The highest BCUT2D eigenvalue weighted by molar-refractivity contribution is 6.00. The standard InChI is InChI=1S/C24H29N7O6/c25-23(26)29-10-2-6-17(21(33)34)31-20(32)16-5-1-7-18-19(16)36-11-3-4-13-12-14(30-24(27)28)8-9-15(13)22(35)37-18/h1,5,7-9,12,17H,2-4,6,10-11H2,(H,31,32)(H,33,34)(H4,25,26,29)(H4,27,28,30)/t17-/m0/s1. The first kappa shape index (κ1) is 26.8. The summed E-state index contributed by atoms with van der Waals surface area (Å²) in [7, 11) is 0. The highest BCUT2D eigenvalue weighted by Gasteiger charge is 2.26. The van der Waals surface area contributed by atoms with Crippen molar-refractivity contribution in [2.24, 2.45) is 32.9 Å². The third-order valence-corrected chi connectivity index (χ3v) is 5.38. The van der Waals surface area contributed by atoms with E-state index in [1.54, 1.807) is 18.2 Å². The van der Waals surface area contributed by atoms with Crippen molar-refractivity contribution in [3.63, 3.8) is 0 Å². The van der Waals surface area contributed by atoms with E-state index in [-0.39, 0.29) is 48.6 Å². The third kappa shape index (κ3) is 7.34. The average Bonchev–Trinajstić information content (AvgIpc) is 2.83. The summed E-state index contributed by atoms with van der Waals surface area (Å²) >= 11 is 0. The molecule has 3 rings (SSSR count). The molecule has 0 bridgehead atoms. The number of hydrogen-bond donors (Lipinski definition) is 6. The van der Waals surface area contributed by atoms with Crippen LogP contribution in [0.15, 0.2) is 46.4 Å². The molecule has 0 unspecified atom stereocenters. The van der Waals surface area contributed by atoms with E-state index in [4.69, 9.17) is 32.4 Å². The van der Waals surface area contributed by atoms with Gasteiger partial charge in [-0.15, -0.1) is 0 Å². The molecule has 1 aliphatic heterocycles. The van der Waals surface area contributed by atoms with Gasteiger partial charge >= 0.3 is 11.9 Å². The number of hydrogen-bond acceptors (Lipinski definition) is 7. The van der Waals surface area contributed by atoms with E-state index in [1.165, 1.54) is 18.2 Å². The number of carboxylic acid groups (broad SMARTS) is 1. The molecule has 0 spiro atoms. The van der Waals surface area contributed by atoms with Crippen LogP contribution in [-0.2, 0) is 11.2 Å². The fraction of sp³-hybridized carbons (Fsp3) is 0.292. The minimum absolute atomic E-state index is 0.0263. The minimum Gasteiger partial charge on any atom is -0.489 e. The van der Waals surface area contributed by atoms with Crippen LogP contribution in [0.25, 0.3) is 0 Å². The number of aryl methyl sites for hydroxylation is 1. The number of nitrogens with one attached hydrogen (secondary N) is 1. The first-order chi connectivity index (χ1) is 17.7. The SMILES string of the molecule is NC(N)=NCCC[C@H](NC(=O)c1cccc2c1OCCCc1cc(N=C(N)N)ccc1C(=O)O2)C(=O)O. The van der Waals surface area contributed by atoms with Crippen molar-refractivity contribution in [1.29, 1.82) is 0 Å². The molecule has 2 aromatic carbocycles. The van der Waals surface area contributed by atoms with E-state index in [0.717, 1.165) is 0 Å². The number of nitrogens with two attached hydrogens (primary N) is 4. The highest BCUT2D eigenvalue weighted by atomic mass is 16.6. The second-order valence-electron chi connectivity index (χ2n) is 8.17. The number of nitrogens with zero attached hydrogens (tertiary/aromatic N) is 2. The zero-order chi connectivity index (χ0) is 26.9. The molecule has 10 N–H and O–H groups in total. The van der Waals surface area contributed by atoms with Crippen molar-refractivity contribution in [2.75, 3.05) is 13.2 Å². The van der Waals surface area contributed by atoms with E-state index in [1.807, 2.05) is 0 Å². The molecule has 0 radical (unpaired) electrons. The number of para-hydroxylation sites is 1. The smallest absolute Gasteiger partial charge is 0.343 e.